The van der Waals surface area contributed by atoms with E-state index in [-0.39, 0.29) is 23.5 Å². The first kappa shape index (κ1) is 23.9. The Labute approximate surface area is 208 Å². The van der Waals surface area contributed by atoms with Crippen LogP contribution in [0.5, 0.6) is 11.5 Å². The third kappa shape index (κ3) is 4.10. The number of nitriles is 1. The fraction of sp³-hybridized carbons (Fsp3) is 0.321. The number of pyridine rings is 2. The number of benzene rings is 1. The minimum atomic E-state index is -0.741. The molecular weight excluding hydrogens is 462 g/mol. The number of hydrogen-bond acceptors (Lipinski definition) is 6. The average molecular weight is 489 g/mol. The van der Waals surface area contributed by atoms with Gasteiger partial charge in [-0.25, -0.2) is 8.78 Å². The lowest BCUT2D eigenvalue weighted by molar-refractivity contribution is 0.354. The van der Waals surface area contributed by atoms with Crippen LogP contribution in [0.2, 0.25) is 0 Å². The zero-order valence-electron chi connectivity index (χ0n) is 20.2. The molecule has 2 aromatic heterocycles. The number of methoxy groups -OCH3 is 2. The van der Waals surface area contributed by atoms with E-state index in [4.69, 9.17) is 9.47 Å². The van der Waals surface area contributed by atoms with Gasteiger partial charge in [-0.05, 0) is 49.2 Å². The van der Waals surface area contributed by atoms with Crippen molar-refractivity contribution in [2.24, 2.45) is 0 Å². The predicted octanol–water partition coefficient (Wildman–Crippen LogP) is 4.77. The monoisotopic (exact) mass is 488 g/mol. The first-order valence-corrected chi connectivity index (χ1v) is 11.8. The maximum atomic E-state index is 15.0. The van der Waals surface area contributed by atoms with Crippen molar-refractivity contribution in [2.45, 2.75) is 31.1 Å². The number of hydrogen-bond donors (Lipinski definition) is 1. The van der Waals surface area contributed by atoms with Crippen LogP contribution in [0.4, 0.5) is 8.78 Å². The molecule has 0 radical (unpaired) electrons. The van der Waals surface area contributed by atoms with Gasteiger partial charge in [0.15, 0.2) is 23.1 Å². The summed E-state index contributed by atoms with van der Waals surface area (Å²) in [6, 6.07) is 7.72. The molecule has 5 rings (SSSR count). The van der Waals surface area contributed by atoms with Gasteiger partial charge in [0.1, 0.15) is 0 Å². The van der Waals surface area contributed by atoms with E-state index < -0.39 is 17.0 Å². The number of ether oxygens (including phenoxy) is 2. The van der Waals surface area contributed by atoms with E-state index in [1.807, 2.05) is 18.2 Å². The number of rotatable bonds is 6. The highest BCUT2D eigenvalue weighted by Gasteiger charge is 2.34. The highest BCUT2D eigenvalue weighted by molar-refractivity contribution is 5.78. The summed E-state index contributed by atoms with van der Waals surface area (Å²) in [4.78, 5) is 9.06. The Hall–Kier alpha value is -3.83. The number of piperidine rings is 1. The van der Waals surface area contributed by atoms with E-state index in [1.165, 1.54) is 20.3 Å². The van der Waals surface area contributed by atoms with E-state index >= 15 is 8.78 Å². The normalized spacial score (nSPS) is 16.1. The molecule has 2 aliphatic rings. The lowest BCUT2D eigenvalue weighted by atomic mass is 9.74. The molecule has 3 aromatic rings. The molecule has 1 aromatic carbocycles. The molecule has 1 aliphatic heterocycles. The van der Waals surface area contributed by atoms with Crippen LogP contribution in [0, 0.1) is 23.0 Å². The fourth-order valence-electron chi connectivity index (χ4n) is 5.05. The van der Waals surface area contributed by atoms with Gasteiger partial charge >= 0.3 is 0 Å². The standard InChI is InChI=1S/C28H26F2N4O2/c1-35-24-12-25(36-2)27(30)22(26(24)29)10-17-3-4-23-21(17)11-19(14-34-23)18-9-20(15-33-13-18)28(16-31)5-7-32-8-6-28/h3,9,11-15,32H,4-8,10H2,1-2H3. The summed E-state index contributed by atoms with van der Waals surface area (Å²) in [5, 5.41) is 13.3. The van der Waals surface area contributed by atoms with Gasteiger partial charge < -0.3 is 14.8 Å². The van der Waals surface area contributed by atoms with Crippen LogP contribution in [0.1, 0.15) is 35.2 Å². The van der Waals surface area contributed by atoms with E-state index in [1.54, 1.807) is 18.6 Å². The Morgan fingerprint density at radius 2 is 1.69 bits per heavy atom. The van der Waals surface area contributed by atoms with Gasteiger partial charge in [0.25, 0.3) is 0 Å². The quantitative estimate of drug-likeness (QED) is 0.539. The van der Waals surface area contributed by atoms with Crippen molar-refractivity contribution < 1.29 is 18.3 Å². The molecule has 36 heavy (non-hydrogen) atoms. The number of halogens is 2. The summed E-state index contributed by atoms with van der Waals surface area (Å²) < 4.78 is 40.2. The van der Waals surface area contributed by atoms with Crippen LogP contribution in [-0.2, 0) is 18.3 Å². The average Bonchev–Trinajstić information content (AvgIpc) is 3.33. The zero-order valence-corrected chi connectivity index (χ0v) is 20.2. The van der Waals surface area contributed by atoms with Crippen LogP contribution in [0.25, 0.3) is 16.7 Å². The summed E-state index contributed by atoms with van der Waals surface area (Å²) in [7, 11) is 2.67. The predicted molar refractivity (Wildman–Crippen MR) is 132 cm³/mol. The van der Waals surface area contributed by atoms with Crippen molar-refractivity contribution >= 4 is 5.57 Å². The third-order valence-corrected chi connectivity index (χ3v) is 7.19. The van der Waals surface area contributed by atoms with Crippen LogP contribution in [0.15, 0.2) is 42.9 Å². The number of fused-ring (bicyclic) bond motifs is 1. The smallest absolute Gasteiger partial charge is 0.171 e. The lowest BCUT2D eigenvalue weighted by Gasteiger charge is -2.31. The van der Waals surface area contributed by atoms with Gasteiger partial charge in [0, 0.05) is 59.8 Å². The third-order valence-electron chi connectivity index (χ3n) is 7.19. The Morgan fingerprint density at radius 3 is 2.36 bits per heavy atom. The molecule has 0 atom stereocenters. The maximum Gasteiger partial charge on any atom is 0.171 e. The number of nitrogens with zero attached hydrogens (tertiary/aromatic N) is 3. The van der Waals surface area contributed by atoms with Crippen molar-refractivity contribution in [1.82, 2.24) is 15.3 Å². The molecule has 1 saturated heterocycles. The molecular formula is C28H26F2N4O2. The second kappa shape index (κ2) is 9.67. The van der Waals surface area contributed by atoms with E-state index in [0.717, 1.165) is 59.5 Å². The Balaban J connectivity index is 1.49. The van der Waals surface area contributed by atoms with Crippen LogP contribution in [0.3, 0.4) is 0 Å². The van der Waals surface area contributed by atoms with Crippen molar-refractivity contribution in [2.75, 3.05) is 27.3 Å². The van der Waals surface area contributed by atoms with Gasteiger partial charge in [0.2, 0.25) is 0 Å². The molecule has 1 aliphatic carbocycles. The summed E-state index contributed by atoms with van der Waals surface area (Å²) in [6.07, 6.45) is 9.32. The minimum Gasteiger partial charge on any atom is -0.494 e. The molecule has 0 amide bonds. The van der Waals surface area contributed by atoms with Crippen molar-refractivity contribution in [3.8, 4) is 28.7 Å². The summed E-state index contributed by atoms with van der Waals surface area (Å²) in [5.74, 6) is -1.62. The second-order valence-corrected chi connectivity index (χ2v) is 9.12. The van der Waals surface area contributed by atoms with Crippen molar-refractivity contribution in [3.05, 3.63) is 76.9 Å². The van der Waals surface area contributed by atoms with Crippen LogP contribution in [-0.4, -0.2) is 37.3 Å². The molecule has 0 unspecified atom stereocenters. The van der Waals surface area contributed by atoms with Crippen molar-refractivity contribution in [1.29, 1.82) is 5.26 Å². The van der Waals surface area contributed by atoms with E-state index in [9.17, 15) is 5.26 Å². The van der Waals surface area contributed by atoms with Gasteiger partial charge in [-0.2, -0.15) is 5.26 Å². The highest BCUT2D eigenvalue weighted by Crippen LogP contribution is 2.38. The van der Waals surface area contributed by atoms with Crippen LogP contribution < -0.4 is 14.8 Å². The first-order valence-electron chi connectivity index (χ1n) is 11.8. The summed E-state index contributed by atoms with van der Waals surface area (Å²) in [5.41, 5.74) is 4.38. The van der Waals surface area contributed by atoms with Gasteiger partial charge in [-0.15, -0.1) is 0 Å². The summed E-state index contributed by atoms with van der Waals surface area (Å²) >= 11 is 0. The largest absolute Gasteiger partial charge is 0.494 e. The SMILES string of the molecule is COc1cc(OC)c(F)c(CC2=CCc3ncc(-c4cncc(C5(C#N)CCNCC5)c4)cc32)c1F. The van der Waals surface area contributed by atoms with Crippen molar-refractivity contribution in [3.63, 3.8) is 0 Å². The number of aromatic nitrogens is 2. The van der Waals surface area contributed by atoms with E-state index in [0.29, 0.717) is 6.42 Å². The number of nitrogens with one attached hydrogen (secondary N) is 1. The molecule has 3 heterocycles. The Morgan fingerprint density at radius 1 is 1.00 bits per heavy atom. The topological polar surface area (TPSA) is 80.1 Å². The molecule has 1 N–H and O–H groups in total. The van der Waals surface area contributed by atoms with Gasteiger partial charge in [-0.1, -0.05) is 6.08 Å². The molecule has 0 bridgehead atoms. The maximum absolute atomic E-state index is 15.0. The summed E-state index contributed by atoms with van der Waals surface area (Å²) in [6.45, 7) is 1.57. The molecule has 0 saturated carbocycles. The zero-order chi connectivity index (χ0) is 25.3. The van der Waals surface area contributed by atoms with Crippen LogP contribution >= 0.6 is 0 Å². The first-order chi connectivity index (χ1) is 17.5. The molecule has 6 nitrogen and oxygen atoms in total. The fourth-order valence-corrected chi connectivity index (χ4v) is 5.05. The minimum absolute atomic E-state index is 0.0339. The Kier molecular flexibility index (Phi) is 6.42. The highest BCUT2D eigenvalue weighted by atomic mass is 19.1. The molecule has 0 spiro atoms. The van der Waals surface area contributed by atoms with Gasteiger partial charge in [0.05, 0.1) is 31.4 Å². The number of allylic oxidation sites excluding steroid dienone is 2. The lowest BCUT2D eigenvalue weighted by Crippen LogP contribution is -2.38. The molecule has 8 heteroatoms. The molecule has 184 valence electrons. The second-order valence-electron chi connectivity index (χ2n) is 9.12. The van der Waals surface area contributed by atoms with Gasteiger partial charge in [-0.3, -0.25) is 9.97 Å². The molecule has 1 fully saturated rings. The Bertz CT molecular complexity index is 1360. The van der Waals surface area contributed by atoms with E-state index in [2.05, 4.69) is 21.4 Å².